The van der Waals surface area contributed by atoms with E-state index >= 15 is 0 Å². The molecule has 0 radical (unpaired) electrons. The van der Waals surface area contributed by atoms with E-state index in [0.717, 1.165) is 16.5 Å². The quantitative estimate of drug-likeness (QED) is 0.880. The van der Waals surface area contributed by atoms with Gasteiger partial charge in [0.1, 0.15) is 10.7 Å². The molecule has 2 rings (SSSR count). The summed E-state index contributed by atoms with van der Waals surface area (Å²) < 4.78 is 2.50. The maximum atomic E-state index is 11.3. The fourth-order valence-corrected chi connectivity index (χ4v) is 2.76. The molecular formula is C14H14BrClN2O2. The van der Waals surface area contributed by atoms with Crippen LogP contribution in [0, 0.1) is 0 Å². The number of aryl methyl sites for hydroxylation is 1. The summed E-state index contributed by atoms with van der Waals surface area (Å²) in [4.78, 5) is 11.3. The van der Waals surface area contributed by atoms with Crippen molar-refractivity contribution in [1.29, 1.82) is 0 Å². The first-order valence-electron chi connectivity index (χ1n) is 6.25. The van der Waals surface area contributed by atoms with Crippen LogP contribution in [-0.2, 0) is 13.0 Å². The van der Waals surface area contributed by atoms with E-state index in [9.17, 15) is 9.90 Å². The zero-order valence-corrected chi connectivity index (χ0v) is 13.3. The van der Waals surface area contributed by atoms with Crippen molar-refractivity contribution in [3.05, 3.63) is 50.7 Å². The number of rotatable bonds is 5. The maximum absolute atomic E-state index is 11.3. The molecule has 0 spiro atoms. The van der Waals surface area contributed by atoms with E-state index in [-0.39, 0.29) is 10.7 Å². The first-order chi connectivity index (χ1) is 9.52. The van der Waals surface area contributed by atoms with Crippen LogP contribution in [-0.4, -0.2) is 20.9 Å². The molecule has 0 saturated heterocycles. The molecule has 1 aromatic heterocycles. The third kappa shape index (κ3) is 3.22. The number of halogens is 2. The molecule has 1 aromatic carbocycles. The van der Waals surface area contributed by atoms with Gasteiger partial charge in [-0.3, -0.25) is 0 Å². The second kappa shape index (κ2) is 6.41. The summed E-state index contributed by atoms with van der Waals surface area (Å²) in [6, 6.07) is 7.75. The summed E-state index contributed by atoms with van der Waals surface area (Å²) in [5.74, 6) is -1.03. The van der Waals surface area contributed by atoms with Gasteiger partial charge in [0.15, 0.2) is 0 Å². The average molecular weight is 358 g/mol. The summed E-state index contributed by atoms with van der Waals surface area (Å²) in [6.45, 7) is 2.43. The van der Waals surface area contributed by atoms with Crippen molar-refractivity contribution in [3.8, 4) is 0 Å². The lowest BCUT2D eigenvalue weighted by molar-refractivity contribution is 0.0696. The van der Waals surface area contributed by atoms with E-state index in [1.165, 1.54) is 4.68 Å². The van der Waals surface area contributed by atoms with Gasteiger partial charge in [-0.25, -0.2) is 9.48 Å². The Kier molecular flexibility index (Phi) is 4.83. The molecule has 0 bridgehead atoms. The van der Waals surface area contributed by atoms with Gasteiger partial charge in [0.05, 0.1) is 12.2 Å². The van der Waals surface area contributed by atoms with Gasteiger partial charge in [-0.2, -0.15) is 5.10 Å². The standard InChI is InChI=1S/C14H14BrClN2O2/c1-2-4-11-12(14(19)20)13(16)18(17-11)8-9-5-3-6-10(15)7-9/h3,5-7H,2,4,8H2,1H3,(H,19,20). The Morgan fingerprint density at radius 2 is 2.25 bits per heavy atom. The van der Waals surface area contributed by atoms with Gasteiger partial charge in [0, 0.05) is 4.47 Å². The molecule has 1 N–H and O–H groups in total. The molecular weight excluding hydrogens is 344 g/mol. The molecule has 0 atom stereocenters. The molecule has 0 saturated carbocycles. The van der Waals surface area contributed by atoms with E-state index in [0.29, 0.717) is 18.7 Å². The zero-order chi connectivity index (χ0) is 14.7. The van der Waals surface area contributed by atoms with Crippen LogP contribution in [0.3, 0.4) is 0 Å². The number of aromatic nitrogens is 2. The van der Waals surface area contributed by atoms with Gasteiger partial charge in [-0.15, -0.1) is 0 Å². The summed E-state index contributed by atoms with van der Waals surface area (Å²) in [7, 11) is 0. The molecule has 4 nitrogen and oxygen atoms in total. The lowest BCUT2D eigenvalue weighted by Crippen LogP contribution is -2.03. The van der Waals surface area contributed by atoms with Crippen molar-refractivity contribution >= 4 is 33.5 Å². The van der Waals surface area contributed by atoms with Crippen molar-refractivity contribution in [3.63, 3.8) is 0 Å². The third-order valence-electron chi connectivity index (χ3n) is 2.88. The van der Waals surface area contributed by atoms with Crippen molar-refractivity contribution < 1.29 is 9.90 Å². The van der Waals surface area contributed by atoms with Crippen molar-refractivity contribution in [2.75, 3.05) is 0 Å². The van der Waals surface area contributed by atoms with Gasteiger partial charge in [0.2, 0.25) is 0 Å². The molecule has 20 heavy (non-hydrogen) atoms. The number of carbonyl (C=O) groups is 1. The Balaban J connectivity index is 2.37. The smallest absolute Gasteiger partial charge is 0.340 e. The number of aromatic carboxylic acids is 1. The normalized spacial score (nSPS) is 10.8. The van der Waals surface area contributed by atoms with Gasteiger partial charge in [-0.1, -0.05) is 53.0 Å². The second-order valence-corrected chi connectivity index (χ2v) is 5.73. The predicted molar refractivity (Wildman–Crippen MR) is 81.4 cm³/mol. The minimum atomic E-state index is -1.03. The molecule has 0 amide bonds. The highest BCUT2D eigenvalue weighted by molar-refractivity contribution is 9.10. The van der Waals surface area contributed by atoms with Crippen LogP contribution < -0.4 is 0 Å². The minimum Gasteiger partial charge on any atom is -0.478 e. The Labute approximate surface area is 130 Å². The largest absolute Gasteiger partial charge is 0.478 e. The molecule has 106 valence electrons. The average Bonchev–Trinajstić information content (AvgIpc) is 2.66. The van der Waals surface area contributed by atoms with E-state index in [1.807, 2.05) is 31.2 Å². The Hall–Kier alpha value is -1.33. The third-order valence-corrected chi connectivity index (χ3v) is 3.76. The van der Waals surface area contributed by atoms with Crippen LogP contribution in [0.5, 0.6) is 0 Å². The number of hydrogen-bond donors (Lipinski definition) is 1. The summed E-state index contributed by atoms with van der Waals surface area (Å²) in [6.07, 6.45) is 1.43. The van der Waals surface area contributed by atoms with Gasteiger partial charge in [0.25, 0.3) is 0 Å². The monoisotopic (exact) mass is 356 g/mol. The van der Waals surface area contributed by atoms with E-state index in [1.54, 1.807) is 0 Å². The minimum absolute atomic E-state index is 0.114. The van der Waals surface area contributed by atoms with E-state index < -0.39 is 5.97 Å². The SMILES string of the molecule is CCCc1nn(Cc2cccc(Br)c2)c(Cl)c1C(=O)O. The molecule has 2 aromatic rings. The Morgan fingerprint density at radius 1 is 1.50 bits per heavy atom. The van der Waals surface area contributed by atoms with Crippen molar-refractivity contribution in [2.45, 2.75) is 26.3 Å². The topological polar surface area (TPSA) is 55.1 Å². The number of benzene rings is 1. The van der Waals surface area contributed by atoms with Crippen molar-refractivity contribution in [2.24, 2.45) is 0 Å². The lowest BCUT2D eigenvalue weighted by atomic mass is 10.2. The highest BCUT2D eigenvalue weighted by Gasteiger charge is 2.21. The van der Waals surface area contributed by atoms with Gasteiger partial charge < -0.3 is 5.11 Å². The van der Waals surface area contributed by atoms with Crippen LogP contribution in [0.25, 0.3) is 0 Å². The maximum Gasteiger partial charge on any atom is 0.340 e. The van der Waals surface area contributed by atoms with E-state index in [4.69, 9.17) is 11.6 Å². The molecule has 0 aliphatic rings. The number of hydrogen-bond acceptors (Lipinski definition) is 2. The number of carboxylic acid groups (broad SMARTS) is 1. The fourth-order valence-electron chi connectivity index (χ4n) is 2.02. The van der Waals surface area contributed by atoms with Crippen LogP contribution in [0.15, 0.2) is 28.7 Å². The second-order valence-electron chi connectivity index (χ2n) is 4.46. The van der Waals surface area contributed by atoms with Crippen LogP contribution in [0.1, 0.15) is 35.0 Å². The first-order valence-corrected chi connectivity index (χ1v) is 7.43. The Bertz CT molecular complexity index is 640. The Morgan fingerprint density at radius 3 is 2.85 bits per heavy atom. The molecule has 1 heterocycles. The summed E-state index contributed by atoms with van der Waals surface area (Å²) >= 11 is 9.56. The summed E-state index contributed by atoms with van der Waals surface area (Å²) in [5, 5.41) is 13.8. The zero-order valence-electron chi connectivity index (χ0n) is 10.9. The van der Waals surface area contributed by atoms with E-state index in [2.05, 4.69) is 21.0 Å². The molecule has 0 fully saturated rings. The van der Waals surface area contributed by atoms with Gasteiger partial charge in [-0.05, 0) is 24.1 Å². The first kappa shape index (κ1) is 15.1. The molecule has 0 unspecified atom stereocenters. The van der Waals surface area contributed by atoms with Crippen LogP contribution in [0.4, 0.5) is 0 Å². The van der Waals surface area contributed by atoms with Crippen molar-refractivity contribution in [1.82, 2.24) is 9.78 Å². The van der Waals surface area contributed by atoms with Crippen LogP contribution >= 0.6 is 27.5 Å². The van der Waals surface area contributed by atoms with Crippen LogP contribution in [0.2, 0.25) is 5.15 Å². The number of carboxylic acids is 1. The summed E-state index contributed by atoms with van der Waals surface area (Å²) in [5.41, 5.74) is 1.66. The predicted octanol–water partition coefficient (Wildman–Crippen LogP) is 4.00. The fraction of sp³-hybridized carbons (Fsp3) is 0.286. The number of nitrogens with zero attached hydrogens (tertiary/aromatic N) is 2. The highest BCUT2D eigenvalue weighted by atomic mass is 79.9. The highest BCUT2D eigenvalue weighted by Crippen LogP contribution is 2.23. The molecule has 0 aliphatic carbocycles. The molecule has 0 aliphatic heterocycles. The molecule has 6 heteroatoms. The van der Waals surface area contributed by atoms with Gasteiger partial charge >= 0.3 is 5.97 Å². The lowest BCUT2D eigenvalue weighted by Gasteiger charge is -2.04.